The Bertz CT molecular complexity index is 1130. The van der Waals surface area contributed by atoms with Crippen LogP contribution in [0.2, 0.25) is 0 Å². The van der Waals surface area contributed by atoms with Gasteiger partial charge in [0.15, 0.2) is 12.6 Å². The number of carbonyl (C=O) groups is 1. The topological polar surface area (TPSA) is 228 Å². The lowest BCUT2D eigenvalue weighted by atomic mass is 9.97. The fourth-order valence-electron chi connectivity index (χ4n) is 8.70. The number of rotatable bonds is 40. The van der Waals surface area contributed by atoms with Crippen molar-refractivity contribution in [3.8, 4) is 0 Å². The van der Waals surface area contributed by atoms with E-state index in [1.807, 2.05) is 6.08 Å². The van der Waals surface area contributed by atoms with E-state index < -0.39 is 86.8 Å². The lowest BCUT2D eigenvalue weighted by molar-refractivity contribution is -0.359. The molecule has 0 spiro atoms. The van der Waals surface area contributed by atoms with Gasteiger partial charge in [-0.05, 0) is 19.3 Å². The average molecular weight is 918 g/mol. The van der Waals surface area contributed by atoms with Crippen molar-refractivity contribution in [1.82, 2.24) is 5.32 Å². The number of unbranched alkanes of at least 4 members (excludes halogenated alkanes) is 27. The van der Waals surface area contributed by atoms with Crippen molar-refractivity contribution in [1.29, 1.82) is 0 Å². The minimum Gasteiger partial charge on any atom is -0.394 e. The Kier molecular flexibility index (Phi) is 34.7. The molecule has 2 aliphatic rings. The highest BCUT2D eigenvalue weighted by Gasteiger charge is 2.51. The van der Waals surface area contributed by atoms with Gasteiger partial charge in [0, 0.05) is 6.42 Å². The van der Waals surface area contributed by atoms with Gasteiger partial charge in [0.1, 0.15) is 48.8 Å². The molecule has 0 aromatic rings. The van der Waals surface area contributed by atoms with Crippen molar-refractivity contribution in [3.05, 3.63) is 12.2 Å². The molecule has 9 N–H and O–H groups in total. The number of aliphatic hydroxyl groups is 8. The second-order valence-corrected chi connectivity index (χ2v) is 18.7. The molecule has 1 amide bonds. The van der Waals surface area contributed by atoms with E-state index in [9.17, 15) is 45.6 Å². The normalized spacial score (nSPS) is 27.3. The molecule has 2 heterocycles. The molecule has 12 atom stereocenters. The van der Waals surface area contributed by atoms with Gasteiger partial charge in [0.05, 0.1) is 32.0 Å². The zero-order valence-corrected chi connectivity index (χ0v) is 40.0. The Hall–Kier alpha value is -1.27. The molecule has 0 saturated carbocycles. The maximum Gasteiger partial charge on any atom is 0.220 e. The van der Waals surface area contributed by atoms with Crippen molar-refractivity contribution in [3.63, 3.8) is 0 Å². The summed E-state index contributed by atoms with van der Waals surface area (Å²) in [7, 11) is 0. The molecule has 12 unspecified atom stereocenters. The number of carbonyl (C=O) groups excluding carboxylic acids is 1. The van der Waals surface area contributed by atoms with E-state index in [-0.39, 0.29) is 18.9 Å². The second-order valence-electron chi connectivity index (χ2n) is 18.7. The van der Waals surface area contributed by atoms with Gasteiger partial charge >= 0.3 is 0 Å². The van der Waals surface area contributed by atoms with Crippen LogP contribution in [0, 0.1) is 0 Å². The first kappa shape index (κ1) is 58.9. The van der Waals surface area contributed by atoms with E-state index in [2.05, 4.69) is 19.2 Å². The number of nitrogens with one attached hydrogen (secondary N) is 1. The quantitative estimate of drug-likeness (QED) is 0.0229. The van der Waals surface area contributed by atoms with Crippen LogP contribution in [0.1, 0.15) is 206 Å². The summed E-state index contributed by atoms with van der Waals surface area (Å²) in [6, 6.07) is -0.905. The number of hydrogen-bond acceptors (Lipinski definition) is 13. The third-order valence-electron chi connectivity index (χ3n) is 13.0. The molecule has 2 aliphatic heterocycles. The number of amides is 1. The van der Waals surface area contributed by atoms with Gasteiger partial charge in [-0.2, -0.15) is 0 Å². The zero-order chi connectivity index (χ0) is 46.8. The summed E-state index contributed by atoms with van der Waals surface area (Å²) in [4.78, 5) is 13.1. The minimum absolute atomic E-state index is 0.242. The van der Waals surface area contributed by atoms with E-state index in [1.54, 1.807) is 6.08 Å². The van der Waals surface area contributed by atoms with Crippen molar-refractivity contribution in [2.45, 2.75) is 280 Å². The molecule has 64 heavy (non-hydrogen) atoms. The fourth-order valence-corrected chi connectivity index (χ4v) is 8.70. The summed E-state index contributed by atoms with van der Waals surface area (Å²) in [5.74, 6) is -0.242. The summed E-state index contributed by atoms with van der Waals surface area (Å²) in [6.45, 7) is 2.71. The molecule has 0 aromatic heterocycles. The van der Waals surface area contributed by atoms with Crippen LogP contribution < -0.4 is 5.32 Å². The summed E-state index contributed by atoms with van der Waals surface area (Å²) in [5.41, 5.74) is 0. The van der Waals surface area contributed by atoms with Crippen molar-refractivity contribution in [2.24, 2.45) is 0 Å². The largest absolute Gasteiger partial charge is 0.394 e. The van der Waals surface area contributed by atoms with Crippen LogP contribution in [0.25, 0.3) is 0 Å². The first-order chi connectivity index (χ1) is 31.1. The molecule has 0 aromatic carbocycles. The molecule has 0 aliphatic carbocycles. The SMILES string of the molecule is CCCCCC/C=C/C(O)C(COC1OC(CO)C(OC2OC(CO)C(O)C(O)C2O)C(O)C1O)NC(=O)CCCCCCCCCCCCCCCCCCCCCCCCCC. The Morgan fingerprint density at radius 2 is 0.969 bits per heavy atom. The van der Waals surface area contributed by atoms with E-state index in [4.69, 9.17) is 18.9 Å². The predicted molar refractivity (Wildman–Crippen MR) is 249 cm³/mol. The van der Waals surface area contributed by atoms with Gasteiger partial charge in [-0.25, -0.2) is 0 Å². The Morgan fingerprint density at radius 3 is 1.44 bits per heavy atom. The molecule has 14 heteroatoms. The minimum atomic E-state index is -1.78. The van der Waals surface area contributed by atoms with E-state index in [0.717, 1.165) is 51.4 Å². The first-order valence-corrected chi connectivity index (χ1v) is 25.9. The van der Waals surface area contributed by atoms with E-state index >= 15 is 0 Å². The van der Waals surface area contributed by atoms with Crippen molar-refractivity contribution in [2.75, 3.05) is 19.8 Å². The van der Waals surface area contributed by atoms with Gasteiger partial charge in [0.25, 0.3) is 0 Å². The average Bonchev–Trinajstić information content (AvgIpc) is 3.29. The van der Waals surface area contributed by atoms with E-state index in [0.29, 0.717) is 6.42 Å². The molecule has 0 radical (unpaired) electrons. The number of hydrogen-bond donors (Lipinski definition) is 9. The van der Waals surface area contributed by atoms with E-state index in [1.165, 1.54) is 128 Å². The first-order valence-electron chi connectivity index (χ1n) is 25.9. The van der Waals surface area contributed by atoms with Gasteiger partial charge in [-0.15, -0.1) is 0 Å². The number of allylic oxidation sites excluding steroid dienone is 1. The lowest BCUT2D eigenvalue weighted by Crippen LogP contribution is -2.65. The molecule has 14 nitrogen and oxygen atoms in total. The Labute approximate surface area is 386 Å². The summed E-state index contributed by atoms with van der Waals surface area (Å²) in [6.07, 6.45) is 23.2. The van der Waals surface area contributed by atoms with Gasteiger partial charge in [-0.3, -0.25) is 4.79 Å². The van der Waals surface area contributed by atoms with Gasteiger partial charge in [-0.1, -0.05) is 193 Å². The second kappa shape index (κ2) is 37.7. The smallest absolute Gasteiger partial charge is 0.220 e. The van der Waals surface area contributed by atoms with Crippen LogP contribution in [0.5, 0.6) is 0 Å². The summed E-state index contributed by atoms with van der Waals surface area (Å²) < 4.78 is 22.6. The van der Waals surface area contributed by atoms with Crippen LogP contribution >= 0.6 is 0 Å². The Morgan fingerprint density at radius 1 is 0.547 bits per heavy atom. The maximum absolute atomic E-state index is 13.1. The molecule has 2 fully saturated rings. The maximum atomic E-state index is 13.1. The third-order valence-corrected chi connectivity index (χ3v) is 13.0. The van der Waals surface area contributed by atoms with Crippen LogP contribution in [0.15, 0.2) is 12.2 Å². The van der Waals surface area contributed by atoms with Crippen LogP contribution in [-0.4, -0.2) is 140 Å². The third kappa shape index (κ3) is 24.7. The highest BCUT2D eigenvalue weighted by Crippen LogP contribution is 2.30. The predicted octanol–water partition coefficient (Wildman–Crippen LogP) is 6.77. The van der Waals surface area contributed by atoms with Crippen molar-refractivity contribution < 1.29 is 64.6 Å². The summed E-state index contributed by atoms with van der Waals surface area (Å²) in [5, 5.41) is 86.3. The highest BCUT2D eigenvalue weighted by atomic mass is 16.7. The molecule has 2 saturated heterocycles. The zero-order valence-electron chi connectivity index (χ0n) is 40.0. The van der Waals surface area contributed by atoms with Gasteiger partial charge in [0.2, 0.25) is 5.91 Å². The van der Waals surface area contributed by atoms with Crippen molar-refractivity contribution >= 4 is 5.91 Å². The standard InChI is InChI=1S/C50H95NO13/c1-3-5-7-9-11-12-13-14-15-16-17-18-19-20-21-22-23-24-25-26-27-28-30-32-34-42(55)51-38(39(54)33-31-29-10-8-6-4-2)37-61-49-47(60)45(58)48(41(36-53)63-49)64-50-46(59)44(57)43(56)40(35-52)62-50/h31,33,38-41,43-50,52-54,56-60H,3-30,32,34-37H2,1-2H3,(H,51,55)/b33-31+. The molecular weight excluding hydrogens is 823 g/mol. The van der Waals surface area contributed by atoms with Crippen LogP contribution in [-0.2, 0) is 23.7 Å². The monoisotopic (exact) mass is 918 g/mol. The van der Waals surface area contributed by atoms with Crippen LogP contribution in [0.3, 0.4) is 0 Å². The lowest BCUT2D eigenvalue weighted by Gasteiger charge is -2.46. The number of ether oxygens (including phenoxy) is 4. The molecule has 378 valence electrons. The highest BCUT2D eigenvalue weighted by molar-refractivity contribution is 5.76. The summed E-state index contributed by atoms with van der Waals surface area (Å²) >= 11 is 0. The van der Waals surface area contributed by atoms with Gasteiger partial charge < -0.3 is 65.1 Å². The molecule has 2 rings (SSSR count). The number of aliphatic hydroxyl groups excluding tert-OH is 8. The van der Waals surface area contributed by atoms with Crippen LogP contribution in [0.4, 0.5) is 0 Å². The molecular formula is C50H95NO13. The fraction of sp³-hybridized carbons (Fsp3) is 0.940. The Balaban J connectivity index is 1.67. The molecule has 0 bridgehead atoms.